The second-order valence-corrected chi connectivity index (χ2v) is 32.8. The zero-order chi connectivity index (χ0) is 73.5. The van der Waals surface area contributed by atoms with Crippen LogP contribution < -0.4 is 19.3 Å². The summed E-state index contributed by atoms with van der Waals surface area (Å²) in [4.78, 5) is 8.72. The van der Waals surface area contributed by atoms with E-state index in [1.165, 1.54) is 0 Å². The first kappa shape index (κ1) is 69.4. The van der Waals surface area contributed by atoms with Crippen molar-refractivity contribution in [2.75, 3.05) is 24.0 Å². The molecule has 0 amide bonds. The summed E-state index contributed by atoms with van der Waals surface area (Å²) in [5, 5.41) is -2.92. The molecule has 0 fully saturated rings. The topological polar surface area (TPSA) is 65.6 Å². The third kappa shape index (κ3) is 12.9. The van der Waals surface area contributed by atoms with Crippen LogP contribution in [-0.2, 0) is 7.67 Å². The predicted octanol–water partition coefficient (Wildman–Crippen LogP) is 22.2. The van der Waals surface area contributed by atoms with Gasteiger partial charge in [-0.1, -0.05) is 0 Å². The number of rotatable bonds is 20. The Bertz CT molecular complexity index is 4850. The number of allylic oxidation sites excluding steroid dienone is 6. The summed E-state index contributed by atoms with van der Waals surface area (Å²) in [5.41, 5.74) is 24.6. The zero-order valence-corrected chi connectivity index (χ0v) is 63.3. The van der Waals surface area contributed by atoms with Gasteiger partial charge in [0.1, 0.15) is 0 Å². The molecule has 8 nitrogen and oxygen atoms in total. The van der Waals surface area contributed by atoms with Crippen molar-refractivity contribution < 1.29 is 17.1 Å². The van der Waals surface area contributed by atoms with Gasteiger partial charge in [-0.15, -0.1) is 0 Å². The number of fused-ring (bicyclic) bond motifs is 2. The van der Waals surface area contributed by atoms with E-state index in [4.69, 9.17) is 9.47 Å². The molecule has 4 aliphatic heterocycles. The van der Waals surface area contributed by atoms with E-state index in [1.807, 2.05) is 0 Å². The number of hydrogen-bond acceptors (Lipinski definition) is 8. The van der Waals surface area contributed by atoms with Crippen LogP contribution in [0.25, 0.3) is 11.4 Å². The maximum absolute atomic E-state index is 19.7. The number of ether oxygens (including phenoxy) is 2. The number of anilines is 2. The van der Waals surface area contributed by atoms with Crippen LogP contribution in [0, 0.1) is 41.5 Å². The molecule has 0 radical (unpaired) electrons. The minimum atomic E-state index is -6.34. The molecule has 4 heterocycles. The van der Waals surface area contributed by atoms with Crippen molar-refractivity contribution in [1.82, 2.24) is 9.80 Å². The van der Waals surface area contributed by atoms with Gasteiger partial charge in [0.2, 0.25) is 0 Å². The molecule has 16 rings (SSSR count). The van der Waals surface area contributed by atoms with Crippen molar-refractivity contribution in [1.29, 1.82) is 0 Å². The second kappa shape index (κ2) is 29.5. The molecule has 12 aromatic rings. The molecule has 0 saturated heterocycles. The van der Waals surface area contributed by atoms with Gasteiger partial charge >= 0.3 is 636 Å². The zero-order valence-electron chi connectivity index (χ0n) is 61.6. The van der Waals surface area contributed by atoms with E-state index in [0.29, 0.717) is 11.5 Å². The van der Waals surface area contributed by atoms with Crippen molar-refractivity contribution in [3.8, 4) is 11.5 Å². The van der Waals surface area contributed by atoms with Crippen molar-refractivity contribution in [2.45, 2.75) is 75.3 Å². The number of hydrogen-bond donors (Lipinski definition) is 0. The van der Waals surface area contributed by atoms with E-state index in [9.17, 15) is 0 Å². The average molecular weight is 1460 g/mol. The van der Waals surface area contributed by atoms with E-state index in [1.54, 1.807) is 14.2 Å². The molecule has 0 aliphatic carbocycles. The van der Waals surface area contributed by atoms with Gasteiger partial charge in [-0.3, -0.25) is 0 Å². The number of benzene rings is 12. The maximum atomic E-state index is 19.7. The molecule has 0 saturated carbocycles. The quantitative estimate of drug-likeness (QED) is 0.0552. The Morgan fingerprint density at radius 1 is 0.318 bits per heavy atom. The van der Waals surface area contributed by atoms with Crippen LogP contribution in [-0.4, -0.2) is 46.9 Å². The summed E-state index contributed by atoms with van der Waals surface area (Å²) in [6, 6.07) is 103. The summed E-state index contributed by atoms with van der Waals surface area (Å²) in [7, 11) is 3.48. The van der Waals surface area contributed by atoms with Crippen LogP contribution in [0.1, 0.15) is 135 Å². The summed E-state index contributed by atoms with van der Waals surface area (Å²) >= 11 is -6.34. The van der Waals surface area contributed by atoms with Crippen LogP contribution in [0.2, 0.25) is 0 Å². The molecule has 9 heteroatoms. The Hall–Kier alpha value is -12.0. The van der Waals surface area contributed by atoms with Crippen LogP contribution in [0.15, 0.2) is 351 Å². The second-order valence-electron chi connectivity index (χ2n) is 28.6. The van der Waals surface area contributed by atoms with Crippen molar-refractivity contribution in [3.05, 3.63) is 463 Å². The number of nitrogens with zero attached hydrogens (tertiary/aromatic N) is 4. The van der Waals surface area contributed by atoms with E-state index < -0.39 is 46.5 Å². The van der Waals surface area contributed by atoms with E-state index in [0.717, 1.165) is 145 Å². The summed E-state index contributed by atoms with van der Waals surface area (Å²) in [5.74, 6) is -0.537. The third-order valence-electron chi connectivity index (χ3n) is 21.6. The SMILES string of the molecule is COc1cc(C(c2ccccc2)c2ccccc2)c(N2C=C3C=CC=C(c4c(C)cc(C)cc4C)N3C2[Se](=O)(=O)C2N3C(=CN2c2c(C(c4ccccc4)c4ccccc4)cc(OC)cc2C(c2ccccc2)c2ccccc2)C=CC=C3c2c(C)cc(C)cc2C)c(C(c2ccccc2)c2ccccc2)c1. The summed E-state index contributed by atoms with van der Waals surface area (Å²) in [6.45, 7) is 12.9. The Morgan fingerprint density at radius 3 is 0.757 bits per heavy atom. The summed E-state index contributed by atoms with van der Waals surface area (Å²) in [6.07, 6.45) is 16.9. The number of methoxy groups -OCH3 is 2. The summed E-state index contributed by atoms with van der Waals surface area (Å²) < 4.78 is 52.7. The van der Waals surface area contributed by atoms with Crippen LogP contribution >= 0.6 is 0 Å². The third-order valence-corrected chi connectivity index (χ3v) is 25.9. The fraction of sp³-hybridized carbons (Fsp3) is 0.143. The first-order valence-electron chi connectivity index (χ1n) is 36.9. The molecule has 12 aromatic carbocycles. The van der Waals surface area contributed by atoms with Gasteiger partial charge in [-0.2, -0.15) is 0 Å². The van der Waals surface area contributed by atoms with E-state index >= 15 is 7.67 Å². The molecule has 2 atom stereocenters. The van der Waals surface area contributed by atoms with Crippen LogP contribution in [0.3, 0.4) is 0 Å². The van der Waals surface area contributed by atoms with Crippen molar-refractivity contribution >= 4 is 35.5 Å². The molecule has 0 N–H and O–H groups in total. The van der Waals surface area contributed by atoms with Crippen molar-refractivity contribution in [2.24, 2.45) is 0 Å². The van der Waals surface area contributed by atoms with Gasteiger partial charge in [0.15, 0.2) is 0 Å². The van der Waals surface area contributed by atoms with Gasteiger partial charge < -0.3 is 0 Å². The van der Waals surface area contributed by atoms with Crippen LogP contribution in [0.5, 0.6) is 11.5 Å². The molecular formula is C98H86N4O4Se. The monoisotopic (exact) mass is 1460 g/mol. The van der Waals surface area contributed by atoms with Gasteiger partial charge in [0, 0.05) is 0 Å². The van der Waals surface area contributed by atoms with E-state index in [-0.39, 0.29) is 0 Å². The Kier molecular flexibility index (Phi) is 19.1. The Balaban J connectivity index is 1.07. The molecule has 528 valence electrons. The molecular weight excluding hydrogens is 1380 g/mol. The molecule has 0 bridgehead atoms. The fourth-order valence-electron chi connectivity index (χ4n) is 17.5. The van der Waals surface area contributed by atoms with Gasteiger partial charge in [-0.05, 0) is 0 Å². The first-order valence-corrected chi connectivity index (χ1v) is 40.2. The van der Waals surface area contributed by atoms with E-state index in [2.05, 4.69) is 401 Å². The molecule has 0 aromatic heterocycles. The number of aryl methyl sites for hydroxylation is 6. The molecule has 107 heavy (non-hydrogen) atoms. The Morgan fingerprint density at radius 2 is 0.542 bits per heavy atom. The van der Waals surface area contributed by atoms with Gasteiger partial charge in [-0.25, -0.2) is 0 Å². The molecule has 2 unspecified atom stereocenters. The molecule has 0 spiro atoms. The average Bonchev–Trinajstić information content (AvgIpc) is 1.54. The predicted molar refractivity (Wildman–Crippen MR) is 436 cm³/mol. The fourth-order valence-corrected chi connectivity index (χ4v) is 22.2. The standard InChI is InChI=1S/C98H86N4O4Se/c1-65-55-67(3)89(68(4)56-65)87-53-33-51-79-63-99(95-83(91(71-35-17-9-18-36-71)72-37-19-10-20-38-72)59-81(105-7)60-84(95)92(73-39-21-11-22-40-73)74-41-23-12-24-42-74)97(101(79)87)107(103,104)98-100(64-80-52-34-54-88(102(80)98)90-69(5)57-66(2)58-70(90)6)96-85(93(75-43-25-13-26-44-75)76-45-27-14-28-46-76)61-82(106-8)62-86(96)94(77-47-29-15-30-48-77)78-49-31-16-32-50-78/h9-64,91-94,97-98H,1-8H3. The van der Waals surface area contributed by atoms with Crippen molar-refractivity contribution in [3.63, 3.8) is 0 Å². The van der Waals surface area contributed by atoms with Gasteiger partial charge in [0.05, 0.1) is 0 Å². The molecule has 4 aliphatic rings. The normalized spacial score (nSPS) is 15.4. The minimum absolute atomic E-state index is 0.454. The Labute approximate surface area is 631 Å². The van der Waals surface area contributed by atoms with Crippen LogP contribution in [0.4, 0.5) is 11.4 Å². The first-order chi connectivity index (χ1) is 52.3. The van der Waals surface area contributed by atoms with Gasteiger partial charge in [0.25, 0.3) is 0 Å².